The molecule has 0 saturated carbocycles. The van der Waals surface area contributed by atoms with Gasteiger partial charge >= 0.3 is 12.1 Å². The molecule has 0 spiro atoms. The predicted molar refractivity (Wildman–Crippen MR) is 94.9 cm³/mol. The van der Waals surface area contributed by atoms with Crippen LogP contribution in [0, 0.1) is 0 Å². The minimum Gasteiger partial charge on any atom is -0.452 e. The van der Waals surface area contributed by atoms with Gasteiger partial charge in [-0.1, -0.05) is 23.7 Å². The van der Waals surface area contributed by atoms with Gasteiger partial charge in [-0.3, -0.25) is 4.79 Å². The highest BCUT2D eigenvalue weighted by molar-refractivity contribution is 7.90. The standard InChI is InChI=1S/C17H13ClF3NO5S/c1-28(25,26)14-8-10(6-7-12(14)18)16(24)27-9-15(23)22-13-5-3-2-4-11(13)17(19,20)21/h2-8H,9H2,1H3,(H,22,23). The molecule has 0 aliphatic carbocycles. The normalized spacial score (nSPS) is 11.8. The number of ether oxygens (including phenoxy) is 1. The third kappa shape index (κ3) is 5.46. The number of halogens is 4. The third-order valence-electron chi connectivity index (χ3n) is 3.41. The minimum atomic E-state index is -4.67. The van der Waals surface area contributed by atoms with Crippen molar-refractivity contribution in [2.24, 2.45) is 0 Å². The van der Waals surface area contributed by atoms with E-state index in [-0.39, 0.29) is 15.5 Å². The van der Waals surface area contributed by atoms with E-state index in [2.05, 4.69) is 0 Å². The second-order valence-corrected chi connectivity index (χ2v) is 7.98. The molecule has 0 aliphatic rings. The first-order valence-corrected chi connectivity index (χ1v) is 9.79. The number of hydrogen-bond donors (Lipinski definition) is 1. The number of rotatable bonds is 5. The van der Waals surface area contributed by atoms with Crippen LogP contribution in [0.25, 0.3) is 0 Å². The molecule has 11 heteroatoms. The van der Waals surface area contributed by atoms with Crippen LogP contribution in [0.3, 0.4) is 0 Å². The Morgan fingerprint density at radius 1 is 1.14 bits per heavy atom. The monoisotopic (exact) mass is 435 g/mol. The van der Waals surface area contributed by atoms with Crippen molar-refractivity contribution in [1.29, 1.82) is 0 Å². The zero-order chi connectivity index (χ0) is 21.1. The van der Waals surface area contributed by atoms with Crippen LogP contribution in [-0.4, -0.2) is 33.2 Å². The van der Waals surface area contributed by atoms with E-state index in [0.29, 0.717) is 0 Å². The molecule has 0 saturated heterocycles. The number of hydrogen-bond acceptors (Lipinski definition) is 5. The number of esters is 1. The van der Waals surface area contributed by atoms with Crippen molar-refractivity contribution < 1.29 is 35.9 Å². The minimum absolute atomic E-state index is 0.0967. The summed E-state index contributed by atoms with van der Waals surface area (Å²) in [6.07, 6.45) is -3.78. The van der Waals surface area contributed by atoms with Gasteiger partial charge in [0, 0.05) is 6.26 Å². The lowest BCUT2D eigenvalue weighted by Gasteiger charge is -2.13. The van der Waals surface area contributed by atoms with Crippen molar-refractivity contribution in [1.82, 2.24) is 0 Å². The number of carbonyl (C=O) groups is 2. The molecule has 28 heavy (non-hydrogen) atoms. The Balaban J connectivity index is 2.08. The van der Waals surface area contributed by atoms with E-state index in [4.69, 9.17) is 16.3 Å². The van der Waals surface area contributed by atoms with Gasteiger partial charge in [0.05, 0.1) is 26.7 Å². The number of benzene rings is 2. The first-order chi connectivity index (χ1) is 12.9. The maximum Gasteiger partial charge on any atom is 0.418 e. The van der Waals surface area contributed by atoms with Crippen molar-refractivity contribution in [3.8, 4) is 0 Å². The second-order valence-electron chi connectivity index (χ2n) is 5.59. The number of carbonyl (C=O) groups excluding carboxylic acids is 2. The van der Waals surface area contributed by atoms with Gasteiger partial charge in [0.25, 0.3) is 5.91 Å². The van der Waals surface area contributed by atoms with Crippen molar-refractivity contribution in [3.63, 3.8) is 0 Å². The van der Waals surface area contributed by atoms with Crippen molar-refractivity contribution in [3.05, 3.63) is 58.6 Å². The van der Waals surface area contributed by atoms with E-state index >= 15 is 0 Å². The van der Waals surface area contributed by atoms with Gasteiger partial charge in [-0.2, -0.15) is 13.2 Å². The Labute approximate surface area is 163 Å². The van der Waals surface area contributed by atoms with E-state index in [1.165, 1.54) is 24.3 Å². The Bertz CT molecular complexity index is 1020. The molecule has 1 amide bonds. The van der Waals surface area contributed by atoms with Crippen LogP contribution in [0.5, 0.6) is 0 Å². The summed E-state index contributed by atoms with van der Waals surface area (Å²) < 4.78 is 66.7. The lowest BCUT2D eigenvalue weighted by Crippen LogP contribution is -2.22. The molecule has 2 aromatic carbocycles. The van der Waals surface area contributed by atoms with Crippen molar-refractivity contribution >= 4 is 39.0 Å². The average Bonchev–Trinajstić information content (AvgIpc) is 2.58. The van der Waals surface area contributed by atoms with E-state index in [0.717, 1.165) is 24.5 Å². The van der Waals surface area contributed by atoms with Crippen LogP contribution in [0.1, 0.15) is 15.9 Å². The Morgan fingerprint density at radius 3 is 2.39 bits per heavy atom. The lowest BCUT2D eigenvalue weighted by molar-refractivity contribution is -0.137. The predicted octanol–water partition coefficient (Wildman–Crippen LogP) is 3.56. The van der Waals surface area contributed by atoms with Crippen molar-refractivity contribution in [2.45, 2.75) is 11.1 Å². The summed E-state index contributed by atoms with van der Waals surface area (Å²) in [6.45, 7) is -0.873. The molecule has 150 valence electrons. The van der Waals surface area contributed by atoms with Gasteiger partial charge in [0.15, 0.2) is 16.4 Å². The summed E-state index contributed by atoms with van der Waals surface area (Å²) in [7, 11) is -3.71. The van der Waals surface area contributed by atoms with Gasteiger partial charge in [-0.25, -0.2) is 13.2 Å². The number of nitrogens with one attached hydrogen (secondary N) is 1. The van der Waals surface area contributed by atoms with E-state index in [1.54, 1.807) is 0 Å². The van der Waals surface area contributed by atoms with Crippen LogP contribution in [0.2, 0.25) is 5.02 Å². The number of alkyl halides is 3. The molecule has 0 radical (unpaired) electrons. The SMILES string of the molecule is CS(=O)(=O)c1cc(C(=O)OCC(=O)Nc2ccccc2C(F)(F)F)ccc1Cl. The van der Waals surface area contributed by atoms with Crippen molar-refractivity contribution in [2.75, 3.05) is 18.2 Å². The number of amides is 1. The maximum atomic E-state index is 12.9. The lowest BCUT2D eigenvalue weighted by atomic mass is 10.1. The van der Waals surface area contributed by atoms with Gasteiger partial charge < -0.3 is 10.1 Å². The third-order valence-corrected chi connectivity index (χ3v) is 4.99. The molecule has 0 unspecified atom stereocenters. The van der Waals surface area contributed by atoms with Crippen LogP contribution < -0.4 is 5.32 Å². The fourth-order valence-corrected chi connectivity index (χ4v) is 3.46. The van der Waals surface area contributed by atoms with Crippen LogP contribution in [0.15, 0.2) is 47.4 Å². The summed E-state index contributed by atoms with van der Waals surface area (Å²) >= 11 is 5.77. The zero-order valence-electron chi connectivity index (χ0n) is 14.2. The molecular weight excluding hydrogens is 423 g/mol. The molecule has 1 N–H and O–H groups in total. The molecule has 2 aromatic rings. The highest BCUT2D eigenvalue weighted by atomic mass is 35.5. The molecule has 0 heterocycles. The fraction of sp³-hybridized carbons (Fsp3) is 0.176. The topological polar surface area (TPSA) is 89.5 Å². The summed E-state index contributed by atoms with van der Waals surface area (Å²) in [5.41, 5.74) is -1.72. The molecule has 0 aromatic heterocycles. The fourth-order valence-electron chi connectivity index (χ4n) is 2.15. The molecule has 2 rings (SSSR count). The summed E-state index contributed by atoms with van der Waals surface area (Å²) in [5, 5.41) is 1.92. The Hall–Kier alpha value is -2.59. The quantitative estimate of drug-likeness (QED) is 0.725. The van der Waals surface area contributed by atoms with Crippen LogP contribution >= 0.6 is 11.6 Å². The van der Waals surface area contributed by atoms with Gasteiger partial charge in [-0.15, -0.1) is 0 Å². The van der Waals surface area contributed by atoms with E-state index in [1.807, 2.05) is 5.32 Å². The molecular formula is C17H13ClF3NO5S. The molecule has 6 nitrogen and oxygen atoms in total. The molecule has 0 atom stereocenters. The molecule has 0 bridgehead atoms. The Kier molecular flexibility index (Phi) is 6.35. The Morgan fingerprint density at radius 2 is 1.79 bits per heavy atom. The molecule has 0 fully saturated rings. The average molecular weight is 436 g/mol. The van der Waals surface area contributed by atoms with Gasteiger partial charge in [-0.05, 0) is 30.3 Å². The van der Waals surface area contributed by atoms with E-state index in [9.17, 15) is 31.2 Å². The maximum absolute atomic E-state index is 12.9. The summed E-state index contributed by atoms with van der Waals surface area (Å²) in [4.78, 5) is 23.5. The smallest absolute Gasteiger partial charge is 0.418 e. The number of sulfone groups is 1. The first-order valence-electron chi connectivity index (χ1n) is 7.52. The van der Waals surface area contributed by atoms with E-state index < -0.39 is 45.7 Å². The second kappa shape index (κ2) is 8.19. The highest BCUT2D eigenvalue weighted by Crippen LogP contribution is 2.34. The summed E-state index contributed by atoms with van der Waals surface area (Å²) in [5.74, 6) is -2.04. The first kappa shape index (κ1) is 21.7. The van der Waals surface area contributed by atoms with Crippen LogP contribution in [0.4, 0.5) is 18.9 Å². The zero-order valence-corrected chi connectivity index (χ0v) is 15.8. The molecule has 0 aliphatic heterocycles. The van der Waals surface area contributed by atoms with Crippen LogP contribution in [-0.2, 0) is 25.5 Å². The number of anilines is 1. The summed E-state index contributed by atoms with van der Waals surface area (Å²) in [6, 6.07) is 7.67. The number of para-hydroxylation sites is 1. The largest absolute Gasteiger partial charge is 0.452 e. The van der Waals surface area contributed by atoms with Gasteiger partial charge in [0.2, 0.25) is 0 Å². The highest BCUT2D eigenvalue weighted by Gasteiger charge is 2.33. The van der Waals surface area contributed by atoms with Gasteiger partial charge in [0.1, 0.15) is 0 Å².